The van der Waals surface area contributed by atoms with Crippen molar-refractivity contribution in [1.29, 1.82) is 0 Å². The average molecular weight is 536 g/mol. The van der Waals surface area contributed by atoms with Crippen LogP contribution < -0.4 is 9.47 Å². The summed E-state index contributed by atoms with van der Waals surface area (Å²) in [6.45, 7) is -1.83. The van der Waals surface area contributed by atoms with Gasteiger partial charge in [-0.3, -0.25) is 0 Å². The molecule has 204 valence electrons. The zero-order valence-corrected chi connectivity index (χ0v) is 20.2. The van der Waals surface area contributed by atoms with Crippen LogP contribution in [0.25, 0.3) is 0 Å². The lowest BCUT2D eigenvalue weighted by Crippen LogP contribution is -2.20. The molecule has 0 saturated carbocycles. The number of aliphatic carboxylic acids is 1. The van der Waals surface area contributed by atoms with Crippen molar-refractivity contribution < 1.29 is 67.4 Å². The Morgan fingerprint density at radius 3 is 1.47 bits per heavy atom. The Hall–Kier alpha value is -5.14. The SMILES string of the molecule is COC(=O)COC(=O)COc1ccc(C(=O)OCC(=O)OC)cc1.O=C(O)COc1ccc(C(=O)O)cc1. The third-order valence-electron chi connectivity index (χ3n) is 4.04. The van der Waals surface area contributed by atoms with Crippen molar-refractivity contribution in [3.8, 4) is 11.5 Å². The van der Waals surface area contributed by atoms with Gasteiger partial charge in [-0.1, -0.05) is 0 Å². The standard InChI is InChI=1S/C15H16O9.C9H8O5/c1-20-12(16)7-23-14(18)9-22-11-5-3-10(4-6-11)15(19)24-8-13(17)21-2;10-8(11)5-14-7-3-1-6(2-4-7)9(12)13/h3-6H,7-9H2,1-2H3;1-4H,5H2,(H,10,11)(H,12,13). The molecule has 2 aromatic carbocycles. The van der Waals surface area contributed by atoms with Gasteiger partial charge in [-0.05, 0) is 48.5 Å². The van der Waals surface area contributed by atoms with Crippen molar-refractivity contribution >= 4 is 35.8 Å². The van der Waals surface area contributed by atoms with E-state index in [4.69, 9.17) is 24.4 Å². The van der Waals surface area contributed by atoms with E-state index in [1.54, 1.807) is 0 Å². The number of ether oxygens (including phenoxy) is 6. The Labute approximate surface area is 215 Å². The summed E-state index contributed by atoms with van der Waals surface area (Å²) in [7, 11) is 2.35. The predicted molar refractivity (Wildman–Crippen MR) is 124 cm³/mol. The molecule has 0 saturated heterocycles. The van der Waals surface area contributed by atoms with Crippen LogP contribution in [-0.2, 0) is 38.1 Å². The van der Waals surface area contributed by atoms with Gasteiger partial charge >= 0.3 is 35.8 Å². The van der Waals surface area contributed by atoms with Crippen LogP contribution in [0.2, 0.25) is 0 Å². The summed E-state index contributed by atoms with van der Waals surface area (Å²) < 4.78 is 27.9. The van der Waals surface area contributed by atoms with Crippen molar-refractivity contribution in [1.82, 2.24) is 0 Å². The Kier molecular flexibility index (Phi) is 13.4. The highest BCUT2D eigenvalue weighted by Crippen LogP contribution is 2.13. The molecule has 14 nitrogen and oxygen atoms in total. The fraction of sp³-hybridized carbons (Fsp3) is 0.250. The number of carbonyl (C=O) groups excluding carboxylic acids is 4. The van der Waals surface area contributed by atoms with Crippen molar-refractivity contribution in [3.63, 3.8) is 0 Å². The largest absolute Gasteiger partial charge is 0.482 e. The number of carboxylic acids is 2. The van der Waals surface area contributed by atoms with Crippen LogP contribution in [0.3, 0.4) is 0 Å². The van der Waals surface area contributed by atoms with Crippen molar-refractivity contribution in [2.45, 2.75) is 0 Å². The van der Waals surface area contributed by atoms with E-state index in [-0.39, 0.29) is 11.1 Å². The van der Waals surface area contributed by atoms with Crippen LogP contribution in [0, 0.1) is 0 Å². The van der Waals surface area contributed by atoms with Gasteiger partial charge in [0.15, 0.2) is 26.4 Å². The van der Waals surface area contributed by atoms with Gasteiger partial charge in [0, 0.05) is 0 Å². The molecule has 38 heavy (non-hydrogen) atoms. The highest BCUT2D eigenvalue weighted by Gasteiger charge is 2.12. The van der Waals surface area contributed by atoms with Crippen LogP contribution in [0.5, 0.6) is 11.5 Å². The zero-order valence-electron chi connectivity index (χ0n) is 20.2. The van der Waals surface area contributed by atoms with Crippen LogP contribution in [0.15, 0.2) is 48.5 Å². The molecule has 0 heterocycles. The van der Waals surface area contributed by atoms with Gasteiger partial charge in [0.25, 0.3) is 0 Å². The Bertz CT molecular complexity index is 1110. The number of benzene rings is 2. The van der Waals surface area contributed by atoms with Crippen molar-refractivity contribution in [2.24, 2.45) is 0 Å². The summed E-state index contributed by atoms with van der Waals surface area (Å²) in [5, 5.41) is 16.9. The normalized spacial score (nSPS) is 9.53. The topological polar surface area (TPSA) is 198 Å². The Morgan fingerprint density at radius 2 is 1.03 bits per heavy atom. The minimum Gasteiger partial charge on any atom is -0.482 e. The second-order valence-corrected chi connectivity index (χ2v) is 6.71. The van der Waals surface area contributed by atoms with Crippen LogP contribution in [-0.4, -0.2) is 86.7 Å². The van der Waals surface area contributed by atoms with Crippen molar-refractivity contribution in [2.75, 3.05) is 40.6 Å². The molecule has 2 N–H and O–H groups in total. The number of aromatic carboxylic acids is 1. The quantitative estimate of drug-likeness (QED) is 0.287. The van der Waals surface area contributed by atoms with Gasteiger partial charge in [0.1, 0.15) is 11.5 Å². The van der Waals surface area contributed by atoms with E-state index in [1.165, 1.54) is 62.8 Å². The third kappa shape index (κ3) is 12.5. The summed E-state index contributed by atoms with van der Waals surface area (Å²) in [5.41, 5.74) is 0.326. The van der Waals surface area contributed by atoms with E-state index in [0.717, 1.165) is 0 Å². The lowest BCUT2D eigenvalue weighted by Gasteiger charge is -2.07. The summed E-state index contributed by atoms with van der Waals surface area (Å²) in [6.07, 6.45) is 0. The van der Waals surface area contributed by atoms with Gasteiger partial charge in [-0.2, -0.15) is 0 Å². The molecular formula is C24H24O14. The number of hydrogen-bond acceptors (Lipinski definition) is 12. The summed E-state index contributed by atoms with van der Waals surface area (Å²) in [4.78, 5) is 65.2. The highest BCUT2D eigenvalue weighted by molar-refractivity contribution is 5.91. The van der Waals surface area contributed by atoms with Crippen molar-refractivity contribution in [3.05, 3.63) is 59.7 Å². The lowest BCUT2D eigenvalue weighted by molar-refractivity contribution is -0.158. The first-order valence-electron chi connectivity index (χ1n) is 10.4. The van der Waals surface area contributed by atoms with E-state index >= 15 is 0 Å². The number of rotatable bonds is 12. The molecular weight excluding hydrogens is 512 g/mol. The van der Waals surface area contributed by atoms with Crippen LogP contribution >= 0.6 is 0 Å². The molecule has 0 aliphatic heterocycles. The maximum absolute atomic E-state index is 11.6. The molecule has 0 radical (unpaired) electrons. The first-order chi connectivity index (χ1) is 18.0. The average Bonchev–Trinajstić information content (AvgIpc) is 2.92. The smallest absolute Gasteiger partial charge is 0.344 e. The molecule has 0 aromatic heterocycles. The van der Waals surface area contributed by atoms with Gasteiger partial charge in [-0.25, -0.2) is 28.8 Å². The second-order valence-electron chi connectivity index (χ2n) is 6.71. The Balaban J connectivity index is 0.000000437. The fourth-order valence-electron chi connectivity index (χ4n) is 2.18. The monoisotopic (exact) mass is 536 g/mol. The van der Waals surface area contributed by atoms with Gasteiger partial charge < -0.3 is 38.6 Å². The molecule has 0 aliphatic carbocycles. The zero-order chi connectivity index (χ0) is 28.5. The molecule has 14 heteroatoms. The molecule has 2 aromatic rings. The van der Waals surface area contributed by atoms with Gasteiger partial charge in [0.05, 0.1) is 25.3 Å². The van der Waals surface area contributed by atoms with E-state index in [1.807, 2.05) is 0 Å². The summed E-state index contributed by atoms with van der Waals surface area (Å²) >= 11 is 0. The van der Waals surface area contributed by atoms with Crippen LogP contribution in [0.4, 0.5) is 0 Å². The van der Waals surface area contributed by atoms with Gasteiger partial charge in [0.2, 0.25) is 0 Å². The Morgan fingerprint density at radius 1 is 0.579 bits per heavy atom. The maximum Gasteiger partial charge on any atom is 0.344 e. The molecule has 0 bridgehead atoms. The lowest BCUT2D eigenvalue weighted by atomic mass is 10.2. The maximum atomic E-state index is 11.6. The molecule has 0 amide bonds. The molecule has 0 unspecified atom stereocenters. The highest BCUT2D eigenvalue weighted by atomic mass is 16.6. The third-order valence-corrected chi connectivity index (χ3v) is 4.04. The van der Waals surface area contributed by atoms with Gasteiger partial charge in [-0.15, -0.1) is 0 Å². The molecule has 2 rings (SSSR count). The van der Waals surface area contributed by atoms with E-state index in [0.29, 0.717) is 11.5 Å². The van der Waals surface area contributed by atoms with E-state index in [9.17, 15) is 28.8 Å². The first-order valence-corrected chi connectivity index (χ1v) is 10.4. The summed E-state index contributed by atoms with van der Waals surface area (Å²) in [5.74, 6) is -4.28. The van der Waals surface area contributed by atoms with Crippen LogP contribution in [0.1, 0.15) is 20.7 Å². The molecule has 0 atom stereocenters. The summed E-state index contributed by atoms with van der Waals surface area (Å²) in [6, 6.07) is 11.2. The number of methoxy groups -OCH3 is 2. The molecule has 0 aliphatic rings. The minimum atomic E-state index is -1.08. The minimum absolute atomic E-state index is 0.132. The predicted octanol–water partition coefficient (Wildman–Crippen LogP) is 0.960. The fourth-order valence-corrected chi connectivity index (χ4v) is 2.18. The number of carbonyl (C=O) groups is 6. The first kappa shape index (κ1) is 30.9. The number of esters is 4. The number of hydrogen-bond donors (Lipinski definition) is 2. The number of carboxylic acid groups (broad SMARTS) is 2. The van der Waals surface area contributed by atoms with E-state index in [2.05, 4.69) is 14.2 Å². The molecule has 0 fully saturated rings. The van der Waals surface area contributed by atoms with E-state index < -0.39 is 62.2 Å². The molecule has 0 spiro atoms. The second kappa shape index (κ2) is 16.5.